The Bertz CT molecular complexity index is 745. The Morgan fingerprint density at radius 1 is 1.44 bits per heavy atom. The molecule has 25 heavy (non-hydrogen) atoms. The maximum absolute atomic E-state index is 12.7. The fourth-order valence-electron chi connectivity index (χ4n) is 2.74. The predicted molar refractivity (Wildman–Crippen MR) is 84.9 cm³/mol. The van der Waals surface area contributed by atoms with Crippen LogP contribution in [-0.2, 0) is 4.74 Å². The van der Waals surface area contributed by atoms with Gasteiger partial charge in [-0.15, -0.1) is 0 Å². The number of aryl methyl sites for hydroxylation is 1. The lowest BCUT2D eigenvalue weighted by Crippen LogP contribution is -2.25. The molecule has 1 aliphatic rings. The highest BCUT2D eigenvalue weighted by Crippen LogP contribution is 2.26. The molecule has 0 aromatic carbocycles. The van der Waals surface area contributed by atoms with Gasteiger partial charge < -0.3 is 14.8 Å². The Hall–Kier alpha value is -2.55. The quantitative estimate of drug-likeness (QED) is 0.895. The van der Waals surface area contributed by atoms with Gasteiger partial charge in [-0.3, -0.25) is 9.48 Å². The van der Waals surface area contributed by atoms with E-state index >= 15 is 0 Å². The molecule has 2 aromatic heterocycles. The predicted octanol–water partition coefficient (Wildman–Crippen LogP) is 2.79. The van der Waals surface area contributed by atoms with Crippen LogP contribution in [0.25, 0.3) is 0 Å². The summed E-state index contributed by atoms with van der Waals surface area (Å²) in [6, 6.07) is 4.70. The second-order valence-corrected chi connectivity index (χ2v) is 5.65. The van der Waals surface area contributed by atoms with Crippen molar-refractivity contribution < 1.29 is 23.0 Å². The minimum atomic E-state index is -3.03. The molecule has 0 bridgehead atoms. The van der Waals surface area contributed by atoms with Crippen molar-refractivity contribution in [1.29, 1.82) is 0 Å². The number of carbonyl (C=O) groups excluding carboxylic acids is 1. The van der Waals surface area contributed by atoms with E-state index in [2.05, 4.69) is 20.1 Å². The van der Waals surface area contributed by atoms with Crippen molar-refractivity contribution in [2.24, 2.45) is 0 Å². The summed E-state index contributed by atoms with van der Waals surface area (Å²) in [4.78, 5) is 16.4. The van der Waals surface area contributed by atoms with E-state index in [0.717, 1.165) is 12.8 Å². The Morgan fingerprint density at radius 2 is 2.20 bits per heavy atom. The number of amides is 1. The molecule has 0 atom stereocenters. The molecule has 9 heteroatoms. The number of halogens is 2. The number of anilines is 1. The van der Waals surface area contributed by atoms with Crippen LogP contribution in [0.3, 0.4) is 0 Å². The van der Waals surface area contributed by atoms with E-state index in [9.17, 15) is 13.6 Å². The van der Waals surface area contributed by atoms with Gasteiger partial charge in [-0.05, 0) is 38.0 Å². The number of rotatable bonds is 5. The Morgan fingerprint density at radius 3 is 2.92 bits per heavy atom. The third-order valence-electron chi connectivity index (χ3n) is 3.85. The molecule has 1 amide bonds. The second kappa shape index (κ2) is 7.56. The van der Waals surface area contributed by atoms with Crippen molar-refractivity contribution in [3.8, 4) is 5.88 Å². The average molecular weight is 352 g/mol. The maximum Gasteiger partial charge on any atom is 0.388 e. The molecule has 0 aliphatic carbocycles. The Labute approximate surface area is 142 Å². The fraction of sp³-hybridized carbons (Fsp3) is 0.438. The van der Waals surface area contributed by atoms with E-state index in [1.54, 1.807) is 17.7 Å². The van der Waals surface area contributed by atoms with Crippen LogP contribution in [-0.4, -0.2) is 40.5 Å². The second-order valence-electron chi connectivity index (χ2n) is 5.65. The summed E-state index contributed by atoms with van der Waals surface area (Å²) in [6.45, 7) is -0.0121. The van der Waals surface area contributed by atoms with Crippen LogP contribution in [0.15, 0.2) is 24.4 Å². The van der Waals surface area contributed by atoms with Crippen molar-refractivity contribution in [2.45, 2.75) is 32.4 Å². The molecule has 0 spiro atoms. The third kappa shape index (κ3) is 4.11. The van der Waals surface area contributed by atoms with Gasteiger partial charge in [0, 0.05) is 19.4 Å². The lowest BCUT2D eigenvalue weighted by Gasteiger charge is -2.24. The van der Waals surface area contributed by atoms with E-state index in [-0.39, 0.29) is 17.6 Å². The zero-order chi connectivity index (χ0) is 17.8. The van der Waals surface area contributed by atoms with Gasteiger partial charge in [-0.2, -0.15) is 13.9 Å². The van der Waals surface area contributed by atoms with Crippen LogP contribution in [0, 0.1) is 6.92 Å². The zero-order valence-corrected chi connectivity index (χ0v) is 13.6. The SMILES string of the molecule is Cc1cc(C(=O)Nc2cccnc2OC(F)F)n(C2CCOCC2)n1. The third-order valence-corrected chi connectivity index (χ3v) is 3.85. The van der Waals surface area contributed by atoms with E-state index in [1.165, 1.54) is 18.3 Å². The molecule has 1 aliphatic heterocycles. The topological polar surface area (TPSA) is 78.3 Å². The number of hydrogen-bond acceptors (Lipinski definition) is 5. The largest absolute Gasteiger partial charge is 0.415 e. The van der Waals surface area contributed by atoms with Gasteiger partial charge in [0.15, 0.2) is 0 Å². The lowest BCUT2D eigenvalue weighted by atomic mass is 10.1. The van der Waals surface area contributed by atoms with Crippen LogP contribution in [0.1, 0.15) is 35.1 Å². The molecule has 2 aromatic rings. The normalized spacial score (nSPS) is 15.4. The molecule has 7 nitrogen and oxygen atoms in total. The standard InChI is InChI=1S/C16H18F2N4O3/c1-10-9-13(22(21-10)11-4-7-24-8-5-11)14(23)20-12-3-2-6-19-15(12)25-16(17)18/h2-3,6,9,11,16H,4-5,7-8H2,1H3,(H,20,23). The van der Waals surface area contributed by atoms with Crippen molar-refractivity contribution in [3.05, 3.63) is 35.8 Å². The Balaban J connectivity index is 1.82. The average Bonchev–Trinajstić information content (AvgIpc) is 2.99. The van der Waals surface area contributed by atoms with Crippen LogP contribution < -0.4 is 10.1 Å². The first-order chi connectivity index (χ1) is 12.0. The molecule has 1 saturated heterocycles. The van der Waals surface area contributed by atoms with Crippen LogP contribution in [0.4, 0.5) is 14.5 Å². The molecule has 1 N–H and O–H groups in total. The van der Waals surface area contributed by atoms with Crippen molar-refractivity contribution >= 4 is 11.6 Å². The van der Waals surface area contributed by atoms with Crippen LogP contribution >= 0.6 is 0 Å². The number of ether oxygens (including phenoxy) is 2. The van der Waals surface area contributed by atoms with Gasteiger partial charge in [-0.25, -0.2) is 4.98 Å². The van der Waals surface area contributed by atoms with Crippen molar-refractivity contribution in [2.75, 3.05) is 18.5 Å². The number of nitrogens with one attached hydrogen (secondary N) is 1. The summed E-state index contributed by atoms with van der Waals surface area (Å²) in [6.07, 6.45) is 2.83. The van der Waals surface area contributed by atoms with Gasteiger partial charge in [0.1, 0.15) is 11.4 Å². The first-order valence-corrected chi connectivity index (χ1v) is 7.89. The van der Waals surface area contributed by atoms with Crippen LogP contribution in [0.2, 0.25) is 0 Å². The molecule has 3 rings (SSSR count). The fourth-order valence-corrected chi connectivity index (χ4v) is 2.74. The first kappa shape index (κ1) is 17.3. The smallest absolute Gasteiger partial charge is 0.388 e. The monoisotopic (exact) mass is 352 g/mol. The summed E-state index contributed by atoms with van der Waals surface area (Å²) in [5, 5.41) is 6.97. The van der Waals surface area contributed by atoms with Gasteiger partial charge in [0.2, 0.25) is 5.88 Å². The first-order valence-electron chi connectivity index (χ1n) is 7.89. The van der Waals surface area contributed by atoms with Gasteiger partial charge in [-0.1, -0.05) is 0 Å². The van der Waals surface area contributed by atoms with Gasteiger partial charge in [0.25, 0.3) is 5.91 Å². The summed E-state index contributed by atoms with van der Waals surface area (Å²) >= 11 is 0. The minimum absolute atomic E-state index is 0.0638. The number of pyridine rings is 1. The zero-order valence-electron chi connectivity index (χ0n) is 13.6. The Kier molecular flexibility index (Phi) is 5.22. The van der Waals surface area contributed by atoms with Crippen LogP contribution in [0.5, 0.6) is 5.88 Å². The van der Waals surface area contributed by atoms with E-state index in [0.29, 0.717) is 24.6 Å². The minimum Gasteiger partial charge on any atom is -0.415 e. The molecule has 0 saturated carbocycles. The molecule has 0 radical (unpaired) electrons. The molecule has 0 unspecified atom stereocenters. The number of hydrogen-bond donors (Lipinski definition) is 1. The highest BCUT2D eigenvalue weighted by Gasteiger charge is 2.24. The molecule has 1 fully saturated rings. The highest BCUT2D eigenvalue weighted by atomic mass is 19.3. The number of carbonyl (C=O) groups is 1. The van der Waals surface area contributed by atoms with Crippen molar-refractivity contribution in [3.63, 3.8) is 0 Å². The van der Waals surface area contributed by atoms with E-state index in [4.69, 9.17) is 4.74 Å². The molecule has 3 heterocycles. The van der Waals surface area contributed by atoms with E-state index < -0.39 is 12.5 Å². The van der Waals surface area contributed by atoms with Gasteiger partial charge in [0.05, 0.1) is 11.7 Å². The number of alkyl halides is 2. The summed E-state index contributed by atoms with van der Waals surface area (Å²) in [5.41, 5.74) is 1.13. The number of nitrogens with zero attached hydrogens (tertiary/aromatic N) is 3. The summed E-state index contributed by atoms with van der Waals surface area (Å²) in [5.74, 6) is -0.793. The molecular weight excluding hydrogens is 334 g/mol. The molecular formula is C16H18F2N4O3. The number of aromatic nitrogens is 3. The highest BCUT2D eigenvalue weighted by molar-refractivity contribution is 6.03. The molecule has 134 valence electrons. The lowest BCUT2D eigenvalue weighted by molar-refractivity contribution is -0.0523. The summed E-state index contributed by atoms with van der Waals surface area (Å²) in [7, 11) is 0. The van der Waals surface area contributed by atoms with E-state index in [1.807, 2.05) is 0 Å². The van der Waals surface area contributed by atoms with Gasteiger partial charge >= 0.3 is 6.61 Å². The summed E-state index contributed by atoms with van der Waals surface area (Å²) < 4.78 is 36.3. The van der Waals surface area contributed by atoms with Crippen molar-refractivity contribution in [1.82, 2.24) is 14.8 Å². The maximum atomic E-state index is 12.7.